The van der Waals surface area contributed by atoms with Crippen LogP contribution in [0, 0.1) is 0 Å². The Morgan fingerprint density at radius 2 is 1.36 bits per heavy atom. The lowest BCUT2D eigenvalue weighted by Crippen LogP contribution is -2.19. The maximum atomic E-state index is 2.29. The molecule has 0 atom stereocenters. The van der Waals surface area contributed by atoms with Crippen LogP contribution < -0.4 is 0 Å². The van der Waals surface area contributed by atoms with Gasteiger partial charge in [-0.05, 0) is 14.1 Å². The molecule has 0 aliphatic carbocycles. The molecular weight excluding hydrogens is 170 g/mol. The predicted octanol–water partition coefficient (Wildman–Crippen LogP) is 1.76. The molecule has 0 fully saturated rings. The summed E-state index contributed by atoms with van der Waals surface area (Å²) >= 11 is 1.77. The highest BCUT2D eigenvalue weighted by Crippen LogP contribution is 2.09. The summed E-state index contributed by atoms with van der Waals surface area (Å²) in [5.74, 6) is 0. The molecule has 0 aliphatic heterocycles. The molecule has 0 amide bonds. The number of halogens is 2. The fourth-order valence-corrected chi connectivity index (χ4v) is 1.26. The van der Waals surface area contributed by atoms with Gasteiger partial charge in [0.05, 0.1) is 0 Å². The van der Waals surface area contributed by atoms with Gasteiger partial charge in [-0.25, -0.2) is 8.61 Å². The minimum Gasteiger partial charge on any atom is -0.269 e. The number of rotatable bonds is 4. The fourth-order valence-electron chi connectivity index (χ4n) is 0.570. The molecular formula is C6H18F2N2S. The van der Waals surface area contributed by atoms with Crippen LogP contribution in [0.25, 0.3) is 0 Å². The molecule has 0 saturated heterocycles. The average Bonchev–Trinajstić information content (AvgIpc) is 1.82. The molecule has 0 radical (unpaired) electrons. The van der Waals surface area contributed by atoms with Crippen molar-refractivity contribution in [3.05, 3.63) is 0 Å². The minimum atomic E-state index is 0. The second kappa shape index (κ2) is 10.1. The van der Waals surface area contributed by atoms with Gasteiger partial charge >= 0.3 is 0 Å². The van der Waals surface area contributed by atoms with Gasteiger partial charge in [0.1, 0.15) is 0 Å². The maximum absolute atomic E-state index is 2.29. The summed E-state index contributed by atoms with van der Waals surface area (Å²) in [6.07, 6.45) is 0. The smallest absolute Gasteiger partial charge is 0.00844 e. The van der Waals surface area contributed by atoms with Gasteiger partial charge in [0.2, 0.25) is 0 Å². The van der Waals surface area contributed by atoms with Crippen LogP contribution in [-0.4, -0.2) is 35.8 Å². The van der Waals surface area contributed by atoms with Gasteiger partial charge in [-0.15, -0.1) is 0 Å². The van der Waals surface area contributed by atoms with Gasteiger partial charge in [-0.1, -0.05) is 13.8 Å². The minimum absolute atomic E-state index is 0. The van der Waals surface area contributed by atoms with Crippen LogP contribution in [0.4, 0.5) is 9.41 Å². The number of nitrogens with zero attached hydrogens (tertiary/aromatic N) is 2. The quantitative estimate of drug-likeness (QED) is 0.621. The molecule has 0 rings (SSSR count). The monoisotopic (exact) mass is 188 g/mol. The highest BCUT2D eigenvalue weighted by Gasteiger charge is 1.99. The van der Waals surface area contributed by atoms with Crippen molar-refractivity contribution in [3.8, 4) is 0 Å². The van der Waals surface area contributed by atoms with Gasteiger partial charge in [0.15, 0.2) is 0 Å². The normalized spacial score (nSPS) is 9.27. The van der Waals surface area contributed by atoms with E-state index in [1.54, 1.807) is 12.1 Å². The summed E-state index contributed by atoms with van der Waals surface area (Å²) in [5, 5.41) is 0. The fraction of sp³-hybridized carbons (Fsp3) is 1.00. The molecule has 0 N–H and O–H groups in total. The molecule has 0 bridgehead atoms. The standard InChI is InChI=1S/C6H16N2S.2FH/c1-5-8(6-2)9-7(3)4;;/h5-6H2,1-4H3;2*1H. The third-order valence-corrected chi connectivity index (χ3v) is 2.06. The van der Waals surface area contributed by atoms with E-state index in [1.165, 1.54) is 0 Å². The van der Waals surface area contributed by atoms with Gasteiger partial charge < -0.3 is 0 Å². The SMILES string of the molecule is CCN(CC)SN(C)C.F.F. The van der Waals surface area contributed by atoms with Crippen molar-refractivity contribution in [1.29, 1.82) is 0 Å². The highest BCUT2D eigenvalue weighted by atomic mass is 32.2. The molecule has 0 unspecified atom stereocenters. The maximum Gasteiger partial charge on any atom is 0.00844 e. The highest BCUT2D eigenvalue weighted by molar-refractivity contribution is 7.94. The molecule has 0 saturated carbocycles. The second-order valence-electron chi connectivity index (χ2n) is 2.01. The van der Waals surface area contributed by atoms with Crippen molar-refractivity contribution in [1.82, 2.24) is 8.61 Å². The molecule has 0 aliphatic rings. The number of hydrogen-bond acceptors (Lipinski definition) is 3. The first kappa shape index (κ1) is 17.3. The van der Waals surface area contributed by atoms with E-state index in [1.807, 2.05) is 0 Å². The van der Waals surface area contributed by atoms with Gasteiger partial charge in [-0.3, -0.25) is 9.41 Å². The van der Waals surface area contributed by atoms with Crippen molar-refractivity contribution in [2.75, 3.05) is 27.2 Å². The Hall–Kier alpha value is 0.130. The van der Waals surface area contributed by atoms with Crippen LogP contribution in [0.15, 0.2) is 0 Å². The Bertz CT molecular complexity index is 69.6. The van der Waals surface area contributed by atoms with E-state index < -0.39 is 0 Å². The molecule has 2 nitrogen and oxygen atoms in total. The molecule has 5 heteroatoms. The summed E-state index contributed by atoms with van der Waals surface area (Å²) in [5.41, 5.74) is 0. The molecule has 0 spiro atoms. The van der Waals surface area contributed by atoms with Crippen LogP contribution in [-0.2, 0) is 0 Å². The molecule has 0 heterocycles. The van der Waals surface area contributed by atoms with Crippen molar-refractivity contribution >= 4 is 12.1 Å². The van der Waals surface area contributed by atoms with Crippen molar-refractivity contribution in [2.24, 2.45) is 0 Å². The Morgan fingerprint density at radius 3 is 1.45 bits per heavy atom. The summed E-state index contributed by atoms with van der Waals surface area (Å²) < 4.78 is 4.40. The van der Waals surface area contributed by atoms with Gasteiger partial charge in [0, 0.05) is 25.2 Å². The van der Waals surface area contributed by atoms with Crippen LogP contribution >= 0.6 is 12.1 Å². The lowest BCUT2D eigenvalue weighted by Gasteiger charge is -2.19. The summed E-state index contributed by atoms with van der Waals surface area (Å²) in [4.78, 5) is 0. The first-order valence-corrected chi connectivity index (χ1v) is 4.04. The van der Waals surface area contributed by atoms with E-state index in [0.29, 0.717) is 0 Å². The summed E-state index contributed by atoms with van der Waals surface area (Å²) in [6, 6.07) is 0. The molecule has 0 aromatic rings. The third kappa shape index (κ3) is 10.1. The van der Waals surface area contributed by atoms with E-state index in [2.05, 4.69) is 36.6 Å². The van der Waals surface area contributed by atoms with E-state index >= 15 is 0 Å². The lowest BCUT2D eigenvalue weighted by molar-refractivity contribution is 0.498. The van der Waals surface area contributed by atoms with Crippen LogP contribution in [0.2, 0.25) is 0 Å². The second-order valence-corrected chi connectivity index (χ2v) is 3.42. The lowest BCUT2D eigenvalue weighted by atomic mass is 10.7. The van der Waals surface area contributed by atoms with Crippen molar-refractivity contribution in [2.45, 2.75) is 13.8 Å². The number of hydrogen-bond donors (Lipinski definition) is 0. The molecule has 0 aromatic heterocycles. The topological polar surface area (TPSA) is 6.48 Å². The first-order chi connectivity index (χ1) is 4.20. The Kier molecular flexibility index (Phi) is 15.9. The Labute approximate surface area is 71.9 Å². The van der Waals surface area contributed by atoms with Crippen molar-refractivity contribution in [3.63, 3.8) is 0 Å². The molecule has 0 aromatic carbocycles. The average molecular weight is 188 g/mol. The van der Waals surface area contributed by atoms with Gasteiger partial charge in [0.25, 0.3) is 0 Å². The Balaban J connectivity index is -0.000000320. The predicted molar refractivity (Wildman–Crippen MR) is 49.2 cm³/mol. The van der Waals surface area contributed by atoms with Crippen LogP contribution in [0.5, 0.6) is 0 Å². The zero-order chi connectivity index (χ0) is 7.28. The Morgan fingerprint density at radius 1 is 1.00 bits per heavy atom. The van der Waals surface area contributed by atoms with Crippen LogP contribution in [0.1, 0.15) is 13.8 Å². The van der Waals surface area contributed by atoms with Gasteiger partial charge in [-0.2, -0.15) is 0 Å². The zero-order valence-corrected chi connectivity index (χ0v) is 8.35. The van der Waals surface area contributed by atoms with E-state index in [4.69, 9.17) is 0 Å². The van der Waals surface area contributed by atoms with E-state index in [0.717, 1.165) is 13.1 Å². The third-order valence-electron chi connectivity index (χ3n) is 0.984. The first-order valence-electron chi connectivity index (χ1n) is 3.31. The zero-order valence-electron chi connectivity index (χ0n) is 7.53. The van der Waals surface area contributed by atoms with Crippen LogP contribution in [0.3, 0.4) is 0 Å². The summed E-state index contributed by atoms with van der Waals surface area (Å²) in [7, 11) is 4.12. The molecule has 72 valence electrons. The van der Waals surface area contributed by atoms with Crippen molar-refractivity contribution < 1.29 is 9.41 Å². The summed E-state index contributed by atoms with van der Waals surface area (Å²) in [6.45, 7) is 6.55. The van der Waals surface area contributed by atoms with E-state index in [9.17, 15) is 0 Å². The van der Waals surface area contributed by atoms with E-state index in [-0.39, 0.29) is 9.41 Å². The molecule has 11 heavy (non-hydrogen) atoms. The largest absolute Gasteiger partial charge is 0.269 e.